The zero-order valence-electron chi connectivity index (χ0n) is 24.3. The molecule has 1 amide bonds. The van der Waals surface area contributed by atoms with Gasteiger partial charge < -0.3 is 29.9 Å². The molecule has 1 aromatic heterocycles. The number of nitrogens with one attached hydrogen (secondary N) is 3. The van der Waals surface area contributed by atoms with Crippen molar-refractivity contribution >= 4 is 34.0 Å². The molecule has 0 spiro atoms. The number of halogens is 2. The van der Waals surface area contributed by atoms with Gasteiger partial charge in [0.25, 0.3) is 5.91 Å². The van der Waals surface area contributed by atoms with Crippen molar-refractivity contribution in [2.75, 3.05) is 62.0 Å². The number of likely N-dealkylation sites (N-methyl/N-ethyl adjacent to an activating group) is 1. The van der Waals surface area contributed by atoms with E-state index < -0.39 is 17.7 Å². The highest BCUT2D eigenvalue weighted by Gasteiger charge is 2.26. The van der Waals surface area contributed by atoms with Crippen LogP contribution >= 0.6 is 0 Å². The molecule has 2 aliphatic rings. The van der Waals surface area contributed by atoms with Gasteiger partial charge in [0.05, 0.1) is 16.8 Å². The van der Waals surface area contributed by atoms with Crippen molar-refractivity contribution in [2.24, 2.45) is 0 Å². The van der Waals surface area contributed by atoms with E-state index in [0.717, 1.165) is 61.7 Å². The van der Waals surface area contributed by atoms with E-state index in [0.29, 0.717) is 41.6 Å². The standard InChI is InChI=1S/C32H36F2N6O3/c1-20(21-15-22(33)17-23(34)16-21)43-30-18-26(32(41)36-31-25-5-3-4-6-27(25)37-38-31)28(35-24-7-13-42-14-8-24)19-29(30)40-11-9-39(2)10-12-40/h3-6,15-20,24,35H,7-14H2,1-2H3,(H2,36,37,38,41). The van der Waals surface area contributed by atoms with Gasteiger partial charge in [-0.05, 0) is 68.8 Å². The third-order valence-electron chi connectivity index (χ3n) is 8.13. The van der Waals surface area contributed by atoms with Gasteiger partial charge in [0, 0.05) is 62.6 Å². The van der Waals surface area contributed by atoms with Gasteiger partial charge in [-0.25, -0.2) is 8.78 Å². The Labute approximate surface area is 249 Å². The summed E-state index contributed by atoms with van der Waals surface area (Å²) in [5.41, 5.74) is 3.04. The summed E-state index contributed by atoms with van der Waals surface area (Å²) in [5.74, 6) is -0.826. The van der Waals surface area contributed by atoms with Crippen molar-refractivity contribution in [2.45, 2.75) is 31.9 Å². The van der Waals surface area contributed by atoms with Gasteiger partial charge in [-0.15, -0.1) is 0 Å². The van der Waals surface area contributed by atoms with Crippen LogP contribution < -0.4 is 20.3 Å². The number of carbonyl (C=O) groups is 1. The van der Waals surface area contributed by atoms with Crippen LogP contribution in [0.3, 0.4) is 0 Å². The number of aromatic amines is 1. The van der Waals surface area contributed by atoms with Crippen molar-refractivity contribution in [3.05, 3.63) is 77.4 Å². The summed E-state index contributed by atoms with van der Waals surface area (Å²) >= 11 is 0. The molecule has 226 valence electrons. The van der Waals surface area contributed by atoms with Crippen molar-refractivity contribution in [3.8, 4) is 5.75 Å². The lowest BCUT2D eigenvalue weighted by molar-refractivity contribution is 0.0904. The van der Waals surface area contributed by atoms with Crippen LogP contribution in [0, 0.1) is 11.6 Å². The largest absolute Gasteiger partial charge is 0.484 e. The first-order chi connectivity index (χ1) is 20.8. The minimum Gasteiger partial charge on any atom is -0.484 e. The molecule has 43 heavy (non-hydrogen) atoms. The predicted molar refractivity (Wildman–Crippen MR) is 163 cm³/mol. The van der Waals surface area contributed by atoms with Gasteiger partial charge in [0.15, 0.2) is 5.82 Å². The van der Waals surface area contributed by atoms with Crippen LogP contribution in [-0.4, -0.2) is 73.5 Å². The summed E-state index contributed by atoms with van der Waals surface area (Å²) < 4.78 is 40.2. The van der Waals surface area contributed by atoms with Crippen LogP contribution in [0.5, 0.6) is 5.75 Å². The third kappa shape index (κ3) is 6.57. The highest BCUT2D eigenvalue weighted by molar-refractivity contribution is 6.11. The Balaban J connectivity index is 1.40. The molecule has 1 unspecified atom stereocenters. The molecular formula is C32H36F2N6O3. The number of anilines is 3. The number of rotatable bonds is 8. The van der Waals surface area contributed by atoms with E-state index in [9.17, 15) is 13.6 Å². The van der Waals surface area contributed by atoms with E-state index in [1.165, 1.54) is 12.1 Å². The number of piperazine rings is 1. The predicted octanol–water partition coefficient (Wildman–Crippen LogP) is 5.58. The smallest absolute Gasteiger partial charge is 0.259 e. The van der Waals surface area contributed by atoms with Crippen LogP contribution in [0.2, 0.25) is 0 Å². The number of carbonyl (C=O) groups excluding carboxylic acids is 1. The lowest BCUT2D eigenvalue weighted by Gasteiger charge is -2.36. The third-order valence-corrected chi connectivity index (χ3v) is 8.13. The maximum atomic E-state index is 14.1. The second kappa shape index (κ2) is 12.6. The normalized spacial score (nSPS) is 17.2. The Morgan fingerprint density at radius 2 is 1.77 bits per heavy atom. The molecule has 0 radical (unpaired) electrons. The van der Waals surface area contributed by atoms with Gasteiger partial charge in [-0.2, -0.15) is 5.10 Å². The summed E-state index contributed by atoms with van der Waals surface area (Å²) in [6.07, 6.45) is 0.946. The maximum absolute atomic E-state index is 14.1. The molecule has 4 aromatic rings. The fraction of sp³-hybridized carbons (Fsp3) is 0.375. The maximum Gasteiger partial charge on any atom is 0.259 e. The molecular weight excluding hydrogens is 554 g/mol. The van der Waals surface area contributed by atoms with Crippen molar-refractivity contribution in [1.82, 2.24) is 15.1 Å². The van der Waals surface area contributed by atoms with Gasteiger partial charge in [0.2, 0.25) is 0 Å². The van der Waals surface area contributed by atoms with Gasteiger partial charge in [-0.1, -0.05) is 12.1 Å². The van der Waals surface area contributed by atoms with Crippen molar-refractivity contribution in [3.63, 3.8) is 0 Å². The number of H-pyrrole nitrogens is 1. The Bertz CT molecular complexity index is 1580. The lowest BCUT2D eigenvalue weighted by atomic mass is 10.0. The number of para-hydroxylation sites is 1. The Morgan fingerprint density at radius 3 is 2.51 bits per heavy atom. The van der Waals surface area contributed by atoms with Crippen LogP contribution in [0.1, 0.15) is 41.8 Å². The molecule has 11 heteroatoms. The van der Waals surface area contributed by atoms with Crippen molar-refractivity contribution < 1.29 is 23.0 Å². The number of nitrogens with zero attached hydrogens (tertiary/aromatic N) is 3. The average molecular weight is 591 g/mol. The SMILES string of the molecule is CC(Oc1cc(C(=O)Nc2n[nH]c3ccccc23)c(NC2CCOCC2)cc1N1CCN(C)CC1)c1cc(F)cc(F)c1. The molecule has 0 aliphatic carbocycles. The number of amides is 1. The number of ether oxygens (including phenoxy) is 2. The minimum absolute atomic E-state index is 0.132. The van der Waals surface area contributed by atoms with Crippen LogP contribution in [0.4, 0.5) is 26.0 Å². The average Bonchev–Trinajstić information content (AvgIpc) is 3.40. The zero-order chi connectivity index (χ0) is 29.9. The Kier molecular flexibility index (Phi) is 8.44. The molecule has 0 saturated carbocycles. The molecule has 2 saturated heterocycles. The highest BCUT2D eigenvalue weighted by atomic mass is 19.1. The van der Waals surface area contributed by atoms with Crippen LogP contribution in [0.15, 0.2) is 54.6 Å². The van der Waals surface area contributed by atoms with Crippen LogP contribution in [-0.2, 0) is 4.74 Å². The molecule has 3 heterocycles. The van der Waals surface area contributed by atoms with E-state index in [1.807, 2.05) is 30.3 Å². The lowest BCUT2D eigenvalue weighted by Crippen LogP contribution is -2.44. The first kappa shape index (κ1) is 28.9. The topological polar surface area (TPSA) is 94.7 Å². The minimum atomic E-state index is -0.683. The molecule has 3 N–H and O–H groups in total. The summed E-state index contributed by atoms with van der Waals surface area (Å²) in [6.45, 7) is 6.28. The van der Waals surface area contributed by atoms with Gasteiger partial charge in [0.1, 0.15) is 23.5 Å². The molecule has 0 bridgehead atoms. The second-order valence-electron chi connectivity index (χ2n) is 11.2. The molecule has 3 aromatic carbocycles. The summed E-state index contributed by atoms with van der Waals surface area (Å²) in [4.78, 5) is 18.4. The fourth-order valence-electron chi connectivity index (χ4n) is 5.63. The van der Waals surface area contributed by atoms with E-state index >= 15 is 0 Å². The van der Waals surface area contributed by atoms with Gasteiger partial charge in [-0.3, -0.25) is 9.89 Å². The molecule has 6 rings (SSSR count). The summed E-state index contributed by atoms with van der Waals surface area (Å²) in [6, 6.07) is 14.8. The quantitative estimate of drug-likeness (QED) is 0.247. The number of benzene rings is 3. The number of fused-ring (bicyclic) bond motifs is 1. The van der Waals surface area contributed by atoms with Crippen LogP contribution in [0.25, 0.3) is 10.9 Å². The second-order valence-corrected chi connectivity index (χ2v) is 11.2. The van der Waals surface area contributed by atoms with E-state index in [1.54, 1.807) is 13.0 Å². The molecule has 2 aliphatic heterocycles. The Morgan fingerprint density at radius 1 is 1.05 bits per heavy atom. The highest BCUT2D eigenvalue weighted by Crippen LogP contribution is 2.39. The first-order valence-electron chi connectivity index (χ1n) is 14.7. The van der Waals surface area contributed by atoms with E-state index in [4.69, 9.17) is 9.47 Å². The van der Waals surface area contributed by atoms with Gasteiger partial charge >= 0.3 is 0 Å². The molecule has 9 nitrogen and oxygen atoms in total. The van der Waals surface area contributed by atoms with Crippen molar-refractivity contribution in [1.29, 1.82) is 0 Å². The van der Waals surface area contributed by atoms with E-state index in [-0.39, 0.29) is 11.9 Å². The number of hydrogen-bond acceptors (Lipinski definition) is 7. The molecule has 1 atom stereocenters. The van der Waals surface area contributed by atoms with E-state index in [2.05, 4.69) is 37.7 Å². The first-order valence-corrected chi connectivity index (χ1v) is 14.7. The zero-order valence-corrected chi connectivity index (χ0v) is 24.3. The number of aromatic nitrogens is 2. The Hall–Kier alpha value is -4.22. The monoisotopic (exact) mass is 590 g/mol. The summed E-state index contributed by atoms with van der Waals surface area (Å²) in [7, 11) is 2.08. The summed E-state index contributed by atoms with van der Waals surface area (Å²) in [5, 5.41) is 14.6. The number of hydrogen-bond donors (Lipinski definition) is 3. The molecule has 2 fully saturated rings. The fourth-order valence-corrected chi connectivity index (χ4v) is 5.63.